The molecular formula is C19H23F3N6. The molecule has 9 heteroatoms. The molecule has 28 heavy (non-hydrogen) atoms. The van der Waals surface area contributed by atoms with Gasteiger partial charge in [0.2, 0.25) is 5.95 Å². The Hall–Kier alpha value is -2.58. The lowest BCUT2D eigenvalue weighted by Crippen LogP contribution is -2.48. The molecule has 0 bridgehead atoms. The van der Waals surface area contributed by atoms with E-state index in [2.05, 4.69) is 14.9 Å². The molecule has 6 nitrogen and oxygen atoms in total. The summed E-state index contributed by atoms with van der Waals surface area (Å²) in [6.07, 6.45) is -0.667. The van der Waals surface area contributed by atoms with E-state index < -0.39 is 11.7 Å². The van der Waals surface area contributed by atoms with Gasteiger partial charge in [-0.05, 0) is 31.9 Å². The van der Waals surface area contributed by atoms with E-state index in [-0.39, 0.29) is 5.82 Å². The predicted molar refractivity (Wildman–Crippen MR) is 102 cm³/mol. The summed E-state index contributed by atoms with van der Waals surface area (Å²) in [5.41, 5.74) is 0.213. The normalized spacial score (nSPS) is 18.1. The number of halogens is 3. The summed E-state index contributed by atoms with van der Waals surface area (Å²) in [5.74, 6) is 1.59. The Kier molecular flexibility index (Phi) is 4.99. The monoisotopic (exact) mass is 392 g/mol. The standard InChI is InChI=1S/C19H23F3N6/c1-14-13-16(26-7-2-3-8-26)25-18(24-14)28-11-9-27(10-12-28)17-15(19(20,21)22)5-4-6-23-17/h4-6,13H,2-3,7-12H2,1H3. The molecule has 0 spiro atoms. The zero-order chi connectivity index (χ0) is 19.7. The van der Waals surface area contributed by atoms with Crippen LogP contribution in [0.2, 0.25) is 0 Å². The van der Waals surface area contributed by atoms with Crippen LogP contribution in [-0.4, -0.2) is 54.2 Å². The molecule has 4 heterocycles. The number of hydrogen-bond donors (Lipinski definition) is 0. The second-order valence-electron chi connectivity index (χ2n) is 7.21. The van der Waals surface area contributed by atoms with Crippen LogP contribution in [0.1, 0.15) is 24.1 Å². The van der Waals surface area contributed by atoms with Crippen molar-refractivity contribution in [3.05, 3.63) is 35.7 Å². The number of alkyl halides is 3. The van der Waals surface area contributed by atoms with Gasteiger partial charge in [0.15, 0.2) is 0 Å². The fourth-order valence-electron chi connectivity index (χ4n) is 3.77. The van der Waals surface area contributed by atoms with Crippen LogP contribution in [-0.2, 0) is 6.18 Å². The van der Waals surface area contributed by atoms with Gasteiger partial charge in [-0.3, -0.25) is 0 Å². The summed E-state index contributed by atoms with van der Waals surface area (Å²) in [6.45, 7) is 5.94. The highest BCUT2D eigenvalue weighted by Crippen LogP contribution is 2.35. The molecule has 2 aromatic heterocycles. The molecule has 2 aromatic rings. The molecule has 2 aliphatic rings. The number of hydrogen-bond acceptors (Lipinski definition) is 6. The molecule has 2 aliphatic heterocycles. The Morgan fingerprint density at radius 1 is 0.893 bits per heavy atom. The summed E-state index contributed by atoms with van der Waals surface area (Å²) >= 11 is 0. The van der Waals surface area contributed by atoms with E-state index in [4.69, 9.17) is 4.98 Å². The maximum Gasteiger partial charge on any atom is 0.419 e. The lowest BCUT2D eigenvalue weighted by atomic mass is 10.2. The Morgan fingerprint density at radius 3 is 2.25 bits per heavy atom. The largest absolute Gasteiger partial charge is 0.419 e. The minimum atomic E-state index is -4.41. The minimum Gasteiger partial charge on any atom is -0.356 e. The van der Waals surface area contributed by atoms with E-state index in [0.29, 0.717) is 32.1 Å². The van der Waals surface area contributed by atoms with Crippen LogP contribution >= 0.6 is 0 Å². The van der Waals surface area contributed by atoms with Crippen molar-refractivity contribution in [2.75, 3.05) is 54.0 Å². The number of aromatic nitrogens is 3. The molecule has 0 aliphatic carbocycles. The van der Waals surface area contributed by atoms with Gasteiger partial charge in [0.25, 0.3) is 0 Å². The molecular weight excluding hydrogens is 369 g/mol. The van der Waals surface area contributed by atoms with E-state index in [1.54, 1.807) is 4.90 Å². The van der Waals surface area contributed by atoms with Crippen molar-refractivity contribution >= 4 is 17.6 Å². The van der Waals surface area contributed by atoms with Crippen LogP contribution < -0.4 is 14.7 Å². The highest BCUT2D eigenvalue weighted by molar-refractivity contribution is 5.51. The van der Waals surface area contributed by atoms with Gasteiger partial charge in [0.1, 0.15) is 11.6 Å². The second kappa shape index (κ2) is 7.44. The molecule has 0 unspecified atom stereocenters. The molecule has 2 saturated heterocycles. The quantitative estimate of drug-likeness (QED) is 0.800. The molecule has 0 saturated carbocycles. The first-order valence-electron chi connectivity index (χ1n) is 9.54. The van der Waals surface area contributed by atoms with E-state index in [0.717, 1.165) is 30.7 Å². The van der Waals surface area contributed by atoms with Gasteiger partial charge in [-0.1, -0.05) is 0 Å². The SMILES string of the molecule is Cc1cc(N2CCCC2)nc(N2CCN(c3ncccc3C(F)(F)F)CC2)n1. The highest BCUT2D eigenvalue weighted by atomic mass is 19.4. The van der Waals surface area contributed by atoms with Gasteiger partial charge in [0.05, 0.1) is 5.56 Å². The average molecular weight is 392 g/mol. The van der Waals surface area contributed by atoms with Crippen molar-refractivity contribution in [2.24, 2.45) is 0 Å². The van der Waals surface area contributed by atoms with Crippen LogP contribution in [0.25, 0.3) is 0 Å². The highest BCUT2D eigenvalue weighted by Gasteiger charge is 2.36. The predicted octanol–water partition coefficient (Wildman–Crippen LogP) is 3.13. The van der Waals surface area contributed by atoms with Crippen molar-refractivity contribution in [3.63, 3.8) is 0 Å². The minimum absolute atomic E-state index is 0.00225. The maximum absolute atomic E-state index is 13.3. The molecule has 0 amide bonds. The zero-order valence-electron chi connectivity index (χ0n) is 15.8. The lowest BCUT2D eigenvalue weighted by Gasteiger charge is -2.36. The Labute approximate surface area is 162 Å². The Balaban J connectivity index is 1.49. The molecule has 0 radical (unpaired) electrons. The smallest absolute Gasteiger partial charge is 0.356 e. The van der Waals surface area contributed by atoms with Gasteiger partial charge < -0.3 is 14.7 Å². The van der Waals surface area contributed by atoms with E-state index in [9.17, 15) is 13.2 Å². The van der Waals surface area contributed by atoms with Crippen LogP contribution in [0.15, 0.2) is 24.4 Å². The molecule has 2 fully saturated rings. The van der Waals surface area contributed by atoms with Crippen LogP contribution in [0, 0.1) is 6.92 Å². The summed E-state index contributed by atoms with van der Waals surface area (Å²) in [7, 11) is 0. The molecule has 0 aromatic carbocycles. The van der Waals surface area contributed by atoms with Crippen molar-refractivity contribution in [1.82, 2.24) is 15.0 Å². The number of piperazine rings is 1. The van der Waals surface area contributed by atoms with E-state index >= 15 is 0 Å². The van der Waals surface area contributed by atoms with Gasteiger partial charge in [-0.2, -0.15) is 18.2 Å². The van der Waals surface area contributed by atoms with Gasteiger partial charge in [0, 0.05) is 57.2 Å². The molecule has 0 atom stereocenters. The average Bonchev–Trinajstić information content (AvgIpc) is 3.22. The molecule has 0 N–H and O–H groups in total. The Bertz CT molecular complexity index is 827. The number of nitrogens with zero attached hydrogens (tertiary/aromatic N) is 6. The zero-order valence-corrected chi connectivity index (χ0v) is 15.8. The third-order valence-electron chi connectivity index (χ3n) is 5.21. The first-order chi connectivity index (χ1) is 13.4. The first kappa shape index (κ1) is 18.8. The fourth-order valence-corrected chi connectivity index (χ4v) is 3.77. The van der Waals surface area contributed by atoms with E-state index in [1.165, 1.54) is 25.1 Å². The number of rotatable bonds is 3. The summed E-state index contributed by atoms with van der Waals surface area (Å²) < 4.78 is 39.8. The molecule has 4 rings (SSSR count). The third kappa shape index (κ3) is 3.83. The second-order valence-corrected chi connectivity index (χ2v) is 7.21. The van der Waals surface area contributed by atoms with Crippen LogP contribution in [0.3, 0.4) is 0 Å². The summed E-state index contributed by atoms with van der Waals surface area (Å²) in [5, 5.41) is 0. The lowest BCUT2D eigenvalue weighted by molar-refractivity contribution is -0.137. The first-order valence-corrected chi connectivity index (χ1v) is 9.54. The third-order valence-corrected chi connectivity index (χ3v) is 5.21. The maximum atomic E-state index is 13.3. The van der Waals surface area contributed by atoms with Crippen LogP contribution in [0.5, 0.6) is 0 Å². The van der Waals surface area contributed by atoms with Gasteiger partial charge in [-0.25, -0.2) is 9.97 Å². The number of anilines is 3. The topological polar surface area (TPSA) is 48.4 Å². The van der Waals surface area contributed by atoms with Crippen LogP contribution in [0.4, 0.5) is 30.8 Å². The summed E-state index contributed by atoms with van der Waals surface area (Å²) in [4.78, 5) is 19.3. The number of pyridine rings is 1. The van der Waals surface area contributed by atoms with Crippen molar-refractivity contribution in [3.8, 4) is 0 Å². The fraction of sp³-hybridized carbons (Fsp3) is 0.526. The van der Waals surface area contributed by atoms with Crippen molar-refractivity contribution in [1.29, 1.82) is 0 Å². The molecule has 150 valence electrons. The van der Waals surface area contributed by atoms with E-state index in [1.807, 2.05) is 17.9 Å². The van der Waals surface area contributed by atoms with Gasteiger partial charge in [-0.15, -0.1) is 0 Å². The summed E-state index contributed by atoms with van der Waals surface area (Å²) in [6, 6.07) is 4.40. The van der Waals surface area contributed by atoms with Gasteiger partial charge >= 0.3 is 6.18 Å². The number of aryl methyl sites for hydroxylation is 1. The Morgan fingerprint density at radius 2 is 1.57 bits per heavy atom. The van der Waals surface area contributed by atoms with Crippen molar-refractivity contribution < 1.29 is 13.2 Å². The van der Waals surface area contributed by atoms with Crippen molar-refractivity contribution in [2.45, 2.75) is 25.9 Å².